The first-order valence-electron chi connectivity index (χ1n) is 8.31. The van der Waals surface area contributed by atoms with Crippen LogP contribution in [0, 0.1) is 12.8 Å². The highest BCUT2D eigenvalue weighted by atomic mass is 32.2. The number of thioether (sulfide) groups is 1. The van der Waals surface area contributed by atoms with Crippen molar-refractivity contribution in [2.24, 2.45) is 5.92 Å². The van der Waals surface area contributed by atoms with E-state index in [-0.39, 0.29) is 17.1 Å². The minimum absolute atomic E-state index is 0.0161. The van der Waals surface area contributed by atoms with E-state index in [9.17, 15) is 9.59 Å². The van der Waals surface area contributed by atoms with Gasteiger partial charge in [-0.3, -0.25) is 9.59 Å². The number of rotatable bonds is 7. The van der Waals surface area contributed by atoms with Crippen LogP contribution in [0.25, 0.3) is 10.2 Å². The maximum Gasteiger partial charge on any atom is 0.260 e. The van der Waals surface area contributed by atoms with Crippen molar-refractivity contribution < 1.29 is 4.79 Å². The minimum atomic E-state index is -0.109. The number of nitrogens with zero attached hydrogens (tertiary/aromatic N) is 1. The van der Waals surface area contributed by atoms with Crippen LogP contribution in [0.3, 0.4) is 0 Å². The van der Waals surface area contributed by atoms with Crippen LogP contribution in [0.5, 0.6) is 0 Å². The van der Waals surface area contributed by atoms with Gasteiger partial charge in [0.1, 0.15) is 4.83 Å². The first kappa shape index (κ1) is 17.9. The molecule has 0 saturated carbocycles. The van der Waals surface area contributed by atoms with Gasteiger partial charge in [0.2, 0.25) is 0 Å². The maximum absolute atomic E-state index is 12.6. The Morgan fingerprint density at radius 1 is 1.44 bits per heavy atom. The Morgan fingerprint density at radius 3 is 2.92 bits per heavy atom. The molecule has 0 aliphatic carbocycles. The number of nitrogens with one attached hydrogen (secondary N) is 2. The van der Waals surface area contributed by atoms with E-state index in [2.05, 4.69) is 28.8 Å². The molecular weight excluding hydrogens is 354 g/mol. The summed E-state index contributed by atoms with van der Waals surface area (Å²) in [7, 11) is 0. The number of thiophene rings is 1. The molecule has 0 aliphatic rings. The van der Waals surface area contributed by atoms with Crippen molar-refractivity contribution in [2.45, 2.75) is 38.8 Å². The summed E-state index contributed by atoms with van der Waals surface area (Å²) in [5.74, 6) is 0.750. The molecule has 3 rings (SSSR count). The Kier molecular flexibility index (Phi) is 5.44. The van der Waals surface area contributed by atoms with Gasteiger partial charge in [-0.1, -0.05) is 32.0 Å². The standard InChI is InChI=1S/C18H21N3O2S2/c1-4-10(2)8-12-11(3)25-17-15(12)16(23)20-18(21-17)24-9-14(22)13-6-5-7-19-13/h5-7,10,19H,4,8-9H2,1-3H3,(H,20,21,23). The van der Waals surface area contributed by atoms with E-state index < -0.39 is 0 Å². The fourth-order valence-corrected chi connectivity index (χ4v) is 4.53. The Labute approximate surface area is 154 Å². The van der Waals surface area contributed by atoms with Crippen molar-refractivity contribution in [3.8, 4) is 0 Å². The highest BCUT2D eigenvalue weighted by Gasteiger charge is 2.17. The summed E-state index contributed by atoms with van der Waals surface area (Å²) in [4.78, 5) is 36.9. The van der Waals surface area contributed by atoms with Crippen LogP contribution in [-0.2, 0) is 6.42 Å². The monoisotopic (exact) mass is 375 g/mol. The predicted octanol–water partition coefficient (Wildman–Crippen LogP) is 4.18. The molecule has 3 aromatic heterocycles. The zero-order valence-corrected chi connectivity index (χ0v) is 16.1. The van der Waals surface area contributed by atoms with Crippen LogP contribution in [0.2, 0.25) is 0 Å². The summed E-state index contributed by atoms with van der Waals surface area (Å²) in [6, 6.07) is 3.53. The highest BCUT2D eigenvalue weighted by Crippen LogP contribution is 2.30. The molecule has 0 saturated heterocycles. The molecule has 3 aromatic rings. The zero-order valence-electron chi connectivity index (χ0n) is 14.5. The van der Waals surface area contributed by atoms with Crippen molar-refractivity contribution in [1.29, 1.82) is 0 Å². The minimum Gasteiger partial charge on any atom is -0.359 e. The number of H-pyrrole nitrogens is 2. The molecule has 5 nitrogen and oxygen atoms in total. The summed E-state index contributed by atoms with van der Waals surface area (Å²) >= 11 is 2.82. The van der Waals surface area contributed by atoms with Gasteiger partial charge in [0.05, 0.1) is 16.8 Å². The smallest absolute Gasteiger partial charge is 0.260 e. The SMILES string of the molecule is CCC(C)Cc1c(C)sc2nc(SCC(=O)c3ccc[nH]3)[nH]c(=O)c12. The van der Waals surface area contributed by atoms with Crippen LogP contribution in [-0.4, -0.2) is 26.5 Å². The molecular formula is C18H21N3O2S2. The first-order valence-corrected chi connectivity index (χ1v) is 10.1. The lowest BCUT2D eigenvalue weighted by atomic mass is 9.98. The Balaban J connectivity index is 1.85. The lowest BCUT2D eigenvalue weighted by Crippen LogP contribution is -2.12. The van der Waals surface area contributed by atoms with Gasteiger partial charge in [0.25, 0.3) is 5.56 Å². The molecule has 0 spiro atoms. The molecule has 0 aliphatic heterocycles. The molecule has 1 unspecified atom stereocenters. The van der Waals surface area contributed by atoms with E-state index in [1.165, 1.54) is 11.8 Å². The van der Waals surface area contributed by atoms with Gasteiger partial charge >= 0.3 is 0 Å². The highest BCUT2D eigenvalue weighted by molar-refractivity contribution is 7.99. The van der Waals surface area contributed by atoms with E-state index >= 15 is 0 Å². The number of aromatic nitrogens is 3. The molecule has 3 heterocycles. The summed E-state index contributed by atoms with van der Waals surface area (Å²) in [6.45, 7) is 6.40. The van der Waals surface area contributed by atoms with Gasteiger partial charge in [0.15, 0.2) is 10.9 Å². The maximum atomic E-state index is 12.6. The Bertz CT molecular complexity index is 941. The van der Waals surface area contributed by atoms with E-state index in [1.807, 2.05) is 6.92 Å². The summed E-state index contributed by atoms with van der Waals surface area (Å²) in [6.07, 6.45) is 3.69. The average Bonchev–Trinajstić information content (AvgIpc) is 3.21. The van der Waals surface area contributed by atoms with E-state index in [4.69, 9.17) is 0 Å². The van der Waals surface area contributed by atoms with Gasteiger partial charge in [-0.2, -0.15) is 0 Å². The number of hydrogen-bond acceptors (Lipinski definition) is 5. The van der Waals surface area contributed by atoms with Crippen LogP contribution in [0.1, 0.15) is 41.2 Å². The molecule has 1 atom stereocenters. The van der Waals surface area contributed by atoms with Crippen LogP contribution in [0.15, 0.2) is 28.3 Å². The Morgan fingerprint density at radius 2 is 2.24 bits per heavy atom. The second-order valence-corrected chi connectivity index (χ2v) is 8.37. The third kappa shape index (κ3) is 3.88. The number of fused-ring (bicyclic) bond motifs is 1. The number of hydrogen-bond donors (Lipinski definition) is 2. The zero-order chi connectivity index (χ0) is 18.0. The largest absolute Gasteiger partial charge is 0.359 e. The fourth-order valence-electron chi connectivity index (χ4n) is 2.68. The predicted molar refractivity (Wildman–Crippen MR) is 104 cm³/mol. The molecule has 0 bridgehead atoms. The molecule has 0 aromatic carbocycles. The quantitative estimate of drug-likeness (QED) is 0.369. The van der Waals surface area contributed by atoms with Crippen LogP contribution < -0.4 is 5.56 Å². The van der Waals surface area contributed by atoms with Crippen molar-refractivity contribution in [3.63, 3.8) is 0 Å². The van der Waals surface area contributed by atoms with Gasteiger partial charge in [-0.05, 0) is 37.0 Å². The number of carbonyl (C=O) groups is 1. The number of aryl methyl sites for hydroxylation is 1. The number of aromatic amines is 2. The number of Topliss-reactive ketones (excluding diaryl/α,β-unsaturated/α-hetero) is 1. The van der Waals surface area contributed by atoms with Gasteiger partial charge in [-0.15, -0.1) is 11.3 Å². The fraction of sp³-hybridized carbons (Fsp3) is 0.389. The summed E-state index contributed by atoms with van der Waals surface area (Å²) < 4.78 is 0. The van der Waals surface area contributed by atoms with Crippen molar-refractivity contribution in [2.75, 3.05) is 5.75 Å². The average molecular weight is 376 g/mol. The molecule has 2 N–H and O–H groups in total. The van der Waals surface area contributed by atoms with E-state index in [0.29, 0.717) is 22.2 Å². The van der Waals surface area contributed by atoms with Gasteiger partial charge < -0.3 is 9.97 Å². The van der Waals surface area contributed by atoms with Crippen molar-refractivity contribution in [3.05, 3.63) is 44.8 Å². The van der Waals surface area contributed by atoms with Crippen molar-refractivity contribution in [1.82, 2.24) is 15.0 Å². The van der Waals surface area contributed by atoms with E-state index in [0.717, 1.165) is 28.1 Å². The van der Waals surface area contributed by atoms with Gasteiger partial charge in [0, 0.05) is 11.1 Å². The molecule has 132 valence electrons. The molecule has 7 heteroatoms. The molecule has 25 heavy (non-hydrogen) atoms. The lowest BCUT2D eigenvalue weighted by molar-refractivity contribution is 0.101. The first-order chi connectivity index (χ1) is 12.0. The second-order valence-electron chi connectivity index (χ2n) is 6.20. The summed E-state index contributed by atoms with van der Waals surface area (Å²) in [5.41, 5.74) is 1.57. The number of ketones is 1. The molecule has 0 radical (unpaired) electrons. The molecule has 0 fully saturated rings. The topological polar surface area (TPSA) is 78.6 Å². The van der Waals surface area contributed by atoms with Crippen molar-refractivity contribution >= 4 is 39.1 Å². The van der Waals surface area contributed by atoms with Gasteiger partial charge in [-0.25, -0.2) is 4.98 Å². The second kappa shape index (κ2) is 7.58. The third-order valence-electron chi connectivity index (χ3n) is 4.33. The summed E-state index contributed by atoms with van der Waals surface area (Å²) in [5, 5.41) is 1.21. The van der Waals surface area contributed by atoms with Crippen LogP contribution in [0.4, 0.5) is 0 Å². The lowest BCUT2D eigenvalue weighted by Gasteiger charge is -2.08. The Hall–Kier alpha value is -1.86. The normalized spacial score (nSPS) is 12.6. The third-order valence-corrected chi connectivity index (χ3v) is 6.24. The van der Waals surface area contributed by atoms with E-state index in [1.54, 1.807) is 29.7 Å². The molecule has 0 amide bonds. The van der Waals surface area contributed by atoms with Crippen LogP contribution >= 0.6 is 23.1 Å². The number of carbonyl (C=O) groups excluding carboxylic acids is 1.